The molecule has 12 heteroatoms. The number of β-amino-alcohol motifs (C(OH)–C–C–N with tert-alkyl or cyclic N) is 1. The summed E-state index contributed by atoms with van der Waals surface area (Å²) in [4.78, 5) is 14.7. The topological polar surface area (TPSA) is 118 Å². The first-order valence-corrected chi connectivity index (χ1v) is 11.8. The van der Waals surface area contributed by atoms with Crippen molar-refractivity contribution in [2.75, 3.05) is 24.3 Å². The number of anilines is 1. The van der Waals surface area contributed by atoms with E-state index < -0.39 is 28.1 Å². The van der Waals surface area contributed by atoms with E-state index in [4.69, 9.17) is 4.74 Å². The maximum Gasteiger partial charge on any atom is 0.290 e. The Kier molecular flexibility index (Phi) is 4.47. The van der Waals surface area contributed by atoms with Crippen molar-refractivity contribution in [1.29, 1.82) is 0 Å². The van der Waals surface area contributed by atoms with Crippen LogP contribution in [0.4, 0.5) is 14.7 Å². The molecule has 5 rings (SSSR count). The first kappa shape index (κ1) is 20.5. The van der Waals surface area contributed by atoms with Crippen LogP contribution in [-0.4, -0.2) is 60.0 Å². The lowest BCUT2D eigenvalue weighted by molar-refractivity contribution is -0.00603. The number of ether oxygens (including phenoxy) is 1. The van der Waals surface area contributed by atoms with Gasteiger partial charge in [-0.3, -0.25) is 4.98 Å². The summed E-state index contributed by atoms with van der Waals surface area (Å²) in [5.41, 5.74) is 1.35. The van der Waals surface area contributed by atoms with Crippen molar-refractivity contribution in [2.24, 2.45) is 0 Å². The number of nitrogens with zero attached hydrogens (tertiary/aromatic N) is 4. The second-order valence-electron chi connectivity index (χ2n) is 8.23. The Morgan fingerprint density at radius 3 is 2.81 bits per heavy atom. The van der Waals surface area contributed by atoms with Crippen molar-refractivity contribution in [2.45, 2.75) is 43.9 Å². The lowest BCUT2D eigenvalue weighted by Gasteiger charge is -2.43. The van der Waals surface area contributed by atoms with E-state index in [1.54, 1.807) is 17.9 Å². The van der Waals surface area contributed by atoms with Crippen LogP contribution in [0.2, 0.25) is 0 Å². The number of pyridine rings is 1. The highest BCUT2D eigenvalue weighted by atomic mass is 32.2. The fourth-order valence-electron chi connectivity index (χ4n) is 4.20. The number of hydrogen-bond acceptors (Lipinski definition) is 8. The summed E-state index contributed by atoms with van der Waals surface area (Å²) in [5, 5.41) is 9.82. The number of nitrogens with one attached hydrogen (secondary N) is 1. The van der Waals surface area contributed by atoms with Gasteiger partial charge in [0.15, 0.2) is 0 Å². The van der Waals surface area contributed by atoms with Crippen LogP contribution in [-0.2, 0) is 22.4 Å². The van der Waals surface area contributed by atoms with E-state index in [-0.39, 0.29) is 43.7 Å². The van der Waals surface area contributed by atoms with Gasteiger partial charge in [0.25, 0.3) is 5.92 Å². The number of alkyl halides is 2. The van der Waals surface area contributed by atoms with E-state index in [1.165, 1.54) is 6.20 Å². The number of aliphatic hydroxyl groups is 1. The van der Waals surface area contributed by atoms with E-state index in [2.05, 4.69) is 19.7 Å². The first-order valence-electron chi connectivity index (χ1n) is 9.88. The Morgan fingerprint density at radius 1 is 1.35 bits per heavy atom. The van der Waals surface area contributed by atoms with Gasteiger partial charge in [-0.2, -0.15) is 8.78 Å². The Morgan fingerprint density at radius 2 is 2.13 bits per heavy atom. The highest BCUT2D eigenvalue weighted by molar-refractivity contribution is 7.88. The fraction of sp³-hybridized carbons (Fsp3) is 0.526. The first-order chi connectivity index (χ1) is 14.5. The molecule has 9 nitrogen and oxygen atoms in total. The monoisotopic (exact) mass is 453 g/mol. The molecule has 3 aliphatic rings. The molecule has 1 fully saturated rings. The maximum atomic E-state index is 14.5. The summed E-state index contributed by atoms with van der Waals surface area (Å²) in [7, 11) is -3.45. The number of sulfonamides is 1. The summed E-state index contributed by atoms with van der Waals surface area (Å²) in [5.74, 6) is -2.53. The standard InChI is InChI=1S/C19H21F2N5O4S/c1-9-13(27)7-26(9)18-23-15(11-3-4-19(20,21)17(11)24-18)10-5-14-16(22-6-10)12(8-30-14)25-31(2,28)29/h5-6,9,12-13,25,27H,3-4,7-8H2,1-2H3/t9-,12-,13+/m0/s1. The van der Waals surface area contributed by atoms with Crippen molar-refractivity contribution < 1.29 is 27.0 Å². The summed E-state index contributed by atoms with van der Waals surface area (Å²) in [6, 6.07) is 0.757. The van der Waals surface area contributed by atoms with Crippen LogP contribution in [0.3, 0.4) is 0 Å². The molecule has 2 aliphatic heterocycles. The van der Waals surface area contributed by atoms with E-state index in [0.717, 1.165) is 6.26 Å². The molecule has 0 aromatic carbocycles. The van der Waals surface area contributed by atoms with Crippen LogP contribution >= 0.6 is 0 Å². The zero-order valence-corrected chi connectivity index (χ0v) is 17.7. The average Bonchev–Trinajstić information content (AvgIpc) is 3.24. The number of fused-ring (bicyclic) bond motifs is 2. The fourth-order valence-corrected chi connectivity index (χ4v) is 4.89. The molecule has 4 heterocycles. The van der Waals surface area contributed by atoms with E-state index >= 15 is 0 Å². The SMILES string of the molecule is C[C@H]1[C@H](O)CN1c1nc(-c2cnc3c(c2)OC[C@@H]3NS(C)(=O)=O)c2c(n1)C(F)(F)CC2. The zero-order chi connectivity index (χ0) is 22.1. The lowest BCUT2D eigenvalue weighted by atomic mass is 10.0. The third kappa shape index (κ3) is 3.42. The van der Waals surface area contributed by atoms with Gasteiger partial charge < -0.3 is 14.7 Å². The Hall–Kier alpha value is -2.44. The number of rotatable bonds is 4. The molecule has 0 spiro atoms. The van der Waals surface area contributed by atoms with Crippen molar-refractivity contribution in [1.82, 2.24) is 19.7 Å². The zero-order valence-electron chi connectivity index (χ0n) is 16.8. The predicted molar refractivity (Wildman–Crippen MR) is 107 cm³/mol. The van der Waals surface area contributed by atoms with Gasteiger partial charge in [0, 0.05) is 30.3 Å². The van der Waals surface area contributed by atoms with Crippen molar-refractivity contribution in [3.8, 4) is 17.0 Å². The van der Waals surface area contributed by atoms with E-state index in [1.807, 2.05) is 0 Å². The second kappa shape index (κ2) is 6.78. The summed E-state index contributed by atoms with van der Waals surface area (Å²) in [6.45, 7) is 2.14. The summed E-state index contributed by atoms with van der Waals surface area (Å²) in [6.07, 6.45) is 1.77. The molecule has 0 saturated carbocycles. The van der Waals surface area contributed by atoms with Gasteiger partial charge in [-0.1, -0.05) is 0 Å². The lowest BCUT2D eigenvalue weighted by Crippen LogP contribution is -2.59. The minimum absolute atomic E-state index is 0.0905. The number of hydrogen-bond donors (Lipinski definition) is 2. The smallest absolute Gasteiger partial charge is 0.290 e. The molecule has 1 aliphatic carbocycles. The average molecular weight is 453 g/mol. The van der Waals surface area contributed by atoms with Crippen LogP contribution in [0, 0.1) is 0 Å². The summed E-state index contributed by atoms with van der Waals surface area (Å²) >= 11 is 0. The van der Waals surface area contributed by atoms with Crippen LogP contribution < -0.4 is 14.4 Å². The van der Waals surface area contributed by atoms with Gasteiger partial charge in [0.05, 0.1) is 24.1 Å². The normalized spacial score (nSPS) is 26.2. The van der Waals surface area contributed by atoms with E-state index in [9.17, 15) is 22.3 Å². The molecule has 0 amide bonds. The Bertz CT molecular complexity index is 1180. The molecule has 31 heavy (non-hydrogen) atoms. The third-order valence-electron chi connectivity index (χ3n) is 5.97. The molecule has 166 valence electrons. The van der Waals surface area contributed by atoms with E-state index in [0.29, 0.717) is 28.3 Å². The van der Waals surface area contributed by atoms with Gasteiger partial charge in [-0.25, -0.2) is 23.1 Å². The molecule has 2 aromatic rings. The molecular formula is C19H21F2N5O4S. The molecule has 2 aromatic heterocycles. The van der Waals surface area contributed by atoms with Crippen LogP contribution in [0.1, 0.15) is 36.3 Å². The quantitative estimate of drug-likeness (QED) is 0.708. The largest absolute Gasteiger partial charge is 0.489 e. The van der Waals surface area contributed by atoms with Gasteiger partial charge in [-0.05, 0) is 19.4 Å². The predicted octanol–water partition coefficient (Wildman–Crippen LogP) is 1.13. The minimum atomic E-state index is -3.45. The second-order valence-corrected chi connectivity index (χ2v) is 10.0. The molecule has 0 unspecified atom stereocenters. The molecule has 0 radical (unpaired) electrons. The van der Waals surface area contributed by atoms with Crippen LogP contribution in [0.5, 0.6) is 5.75 Å². The van der Waals surface area contributed by atoms with Gasteiger partial charge in [0.1, 0.15) is 29.8 Å². The number of halogens is 2. The highest BCUT2D eigenvalue weighted by Gasteiger charge is 2.45. The summed E-state index contributed by atoms with van der Waals surface area (Å²) < 4.78 is 60.2. The van der Waals surface area contributed by atoms with Crippen molar-refractivity contribution in [3.05, 3.63) is 29.2 Å². The molecule has 1 saturated heterocycles. The van der Waals surface area contributed by atoms with Gasteiger partial charge in [0.2, 0.25) is 16.0 Å². The Balaban J connectivity index is 1.57. The molecule has 2 N–H and O–H groups in total. The number of aromatic nitrogens is 3. The van der Waals surface area contributed by atoms with Crippen molar-refractivity contribution in [3.63, 3.8) is 0 Å². The van der Waals surface area contributed by atoms with Crippen LogP contribution in [0.15, 0.2) is 12.3 Å². The number of aliphatic hydroxyl groups excluding tert-OH is 1. The molecule has 0 bridgehead atoms. The third-order valence-corrected chi connectivity index (χ3v) is 6.68. The minimum Gasteiger partial charge on any atom is -0.489 e. The molecular weight excluding hydrogens is 432 g/mol. The Labute approximate surface area is 177 Å². The van der Waals surface area contributed by atoms with Crippen molar-refractivity contribution >= 4 is 16.0 Å². The van der Waals surface area contributed by atoms with Gasteiger partial charge in [-0.15, -0.1) is 0 Å². The van der Waals surface area contributed by atoms with Gasteiger partial charge >= 0.3 is 0 Å². The molecule has 3 atom stereocenters. The maximum absolute atomic E-state index is 14.5. The highest BCUT2D eigenvalue weighted by Crippen LogP contribution is 2.45. The van der Waals surface area contributed by atoms with Crippen LogP contribution in [0.25, 0.3) is 11.3 Å².